The first kappa shape index (κ1) is 13.3. The Morgan fingerprint density at radius 2 is 1.76 bits per heavy atom. The average Bonchev–Trinajstić information content (AvgIpc) is 2.86. The predicted molar refractivity (Wildman–Crippen MR) is 73.1 cm³/mol. The minimum atomic E-state index is 0.614. The zero-order valence-electron chi connectivity index (χ0n) is 11.4. The lowest BCUT2D eigenvalue weighted by Crippen LogP contribution is -2.52. The fourth-order valence-electron chi connectivity index (χ4n) is 3.44. The van der Waals surface area contributed by atoms with Crippen molar-refractivity contribution in [3.05, 3.63) is 0 Å². The van der Waals surface area contributed by atoms with E-state index in [4.69, 9.17) is 5.73 Å². The molecule has 1 saturated heterocycles. The fraction of sp³-hybridized carbons (Fsp3) is 1.00. The van der Waals surface area contributed by atoms with Gasteiger partial charge < -0.3 is 10.6 Å². The highest BCUT2D eigenvalue weighted by Crippen LogP contribution is 2.25. The Labute approximate surface area is 106 Å². The maximum Gasteiger partial charge on any atom is 0.0216 e. The third-order valence-corrected chi connectivity index (χ3v) is 4.66. The second-order valence-corrected chi connectivity index (χ2v) is 5.78. The Morgan fingerprint density at radius 3 is 2.29 bits per heavy atom. The molecule has 0 amide bonds. The Bertz CT molecular complexity index is 202. The number of hydrogen-bond donors (Lipinski definition) is 1. The largest absolute Gasteiger partial charge is 0.329 e. The van der Waals surface area contributed by atoms with Crippen molar-refractivity contribution >= 4 is 0 Å². The van der Waals surface area contributed by atoms with Gasteiger partial charge in [-0.3, -0.25) is 4.90 Å². The highest BCUT2D eigenvalue weighted by molar-refractivity contribution is 4.80. The molecule has 3 nitrogen and oxygen atoms in total. The molecule has 100 valence electrons. The van der Waals surface area contributed by atoms with Gasteiger partial charge in [-0.1, -0.05) is 19.8 Å². The van der Waals surface area contributed by atoms with E-state index < -0.39 is 0 Å². The van der Waals surface area contributed by atoms with Crippen LogP contribution in [0.2, 0.25) is 0 Å². The van der Waals surface area contributed by atoms with Gasteiger partial charge in [0.2, 0.25) is 0 Å². The van der Waals surface area contributed by atoms with Crippen molar-refractivity contribution in [1.82, 2.24) is 9.80 Å². The van der Waals surface area contributed by atoms with Crippen LogP contribution in [-0.2, 0) is 0 Å². The van der Waals surface area contributed by atoms with Crippen molar-refractivity contribution < 1.29 is 0 Å². The third-order valence-electron chi connectivity index (χ3n) is 4.66. The molecule has 1 aliphatic heterocycles. The minimum absolute atomic E-state index is 0.614. The zero-order valence-corrected chi connectivity index (χ0v) is 11.4. The summed E-state index contributed by atoms with van der Waals surface area (Å²) in [6.07, 6.45) is 7.08. The van der Waals surface area contributed by atoms with Gasteiger partial charge in [-0.15, -0.1) is 0 Å². The molecule has 3 heteroatoms. The molecule has 0 radical (unpaired) electrons. The Balaban J connectivity index is 1.69. The van der Waals surface area contributed by atoms with Crippen molar-refractivity contribution in [2.75, 3.05) is 39.3 Å². The van der Waals surface area contributed by atoms with Gasteiger partial charge in [-0.2, -0.15) is 0 Å². The van der Waals surface area contributed by atoms with E-state index in [-0.39, 0.29) is 0 Å². The van der Waals surface area contributed by atoms with E-state index in [2.05, 4.69) is 16.7 Å². The lowest BCUT2D eigenvalue weighted by Gasteiger charge is -2.39. The fourth-order valence-corrected chi connectivity index (χ4v) is 3.44. The highest BCUT2D eigenvalue weighted by Gasteiger charge is 2.24. The molecular weight excluding hydrogens is 210 g/mol. The second kappa shape index (κ2) is 6.72. The first-order chi connectivity index (χ1) is 8.33. The number of piperazine rings is 1. The maximum absolute atomic E-state index is 5.83. The predicted octanol–water partition coefficient (Wildman–Crippen LogP) is 1.53. The van der Waals surface area contributed by atoms with Gasteiger partial charge in [-0.05, 0) is 25.2 Å². The van der Waals surface area contributed by atoms with E-state index in [1.165, 1.54) is 64.8 Å². The summed E-state index contributed by atoms with van der Waals surface area (Å²) < 4.78 is 0. The Morgan fingerprint density at radius 1 is 1.12 bits per heavy atom. The van der Waals surface area contributed by atoms with Crippen molar-refractivity contribution in [1.29, 1.82) is 0 Å². The van der Waals surface area contributed by atoms with Gasteiger partial charge in [-0.25, -0.2) is 0 Å². The monoisotopic (exact) mass is 239 g/mol. The first-order valence-corrected chi connectivity index (χ1v) is 7.50. The standard InChI is InChI=1S/C14H29N3/c1-2-14(11-15)17-9-7-16(8-10-17)12-13-5-3-4-6-13/h13-14H,2-12,15H2,1H3. The number of nitrogens with zero attached hydrogens (tertiary/aromatic N) is 2. The summed E-state index contributed by atoms with van der Waals surface area (Å²) in [6, 6.07) is 0.614. The molecule has 1 atom stereocenters. The molecule has 0 aromatic rings. The number of hydrogen-bond acceptors (Lipinski definition) is 3. The van der Waals surface area contributed by atoms with Crippen molar-refractivity contribution in [2.24, 2.45) is 11.7 Å². The Hall–Kier alpha value is -0.120. The van der Waals surface area contributed by atoms with Crippen molar-refractivity contribution in [3.8, 4) is 0 Å². The molecule has 1 unspecified atom stereocenters. The van der Waals surface area contributed by atoms with Crippen LogP contribution in [0, 0.1) is 5.92 Å². The lowest BCUT2D eigenvalue weighted by molar-refractivity contribution is 0.0871. The third kappa shape index (κ3) is 3.67. The molecule has 2 N–H and O–H groups in total. The molecule has 1 heterocycles. The van der Waals surface area contributed by atoms with Crippen LogP contribution in [0.3, 0.4) is 0 Å². The molecule has 0 aromatic heterocycles. The average molecular weight is 239 g/mol. The van der Waals surface area contributed by atoms with Crippen LogP contribution in [-0.4, -0.2) is 55.1 Å². The van der Waals surface area contributed by atoms with Crippen LogP contribution >= 0.6 is 0 Å². The summed E-state index contributed by atoms with van der Waals surface area (Å²) >= 11 is 0. The van der Waals surface area contributed by atoms with Crippen LogP contribution in [0.5, 0.6) is 0 Å². The molecule has 0 spiro atoms. The molecule has 2 aliphatic rings. The SMILES string of the molecule is CCC(CN)N1CCN(CC2CCCC2)CC1. The molecule has 1 saturated carbocycles. The maximum atomic E-state index is 5.83. The van der Waals surface area contributed by atoms with E-state index in [1.54, 1.807) is 0 Å². The summed E-state index contributed by atoms with van der Waals surface area (Å²) in [7, 11) is 0. The summed E-state index contributed by atoms with van der Waals surface area (Å²) in [5.74, 6) is 0.998. The van der Waals surface area contributed by atoms with E-state index in [1.807, 2.05) is 0 Å². The highest BCUT2D eigenvalue weighted by atomic mass is 15.3. The van der Waals surface area contributed by atoms with Crippen molar-refractivity contribution in [2.45, 2.75) is 45.1 Å². The van der Waals surface area contributed by atoms with E-state index >= 15 is 0 Å². The second-order valence-electron chi connectivity index (χ2n) is 5.78. The van der Waals surface area contributed by atoms with Crippen LogP contribution in [0.25, 0.3) is 0 Å². The molecular formula is C14H29N3. The van der Waals surface area contributed by atoms with Gasteiger partial charge in [0.15, 0.2) is 0 Å². The van der Waals surface area contributed by atoms with Gasteiger partial charge in [0, 0.05) is 45.3 Å². The minimum Gasteiger partial charge on any atom is -0.329 e. The number of nitrogens with two attached hydrogens (primary N) is 1. The van der Waals surface area contributed by atoms with Gasteiger partial charge in [0.1, 0.15) is 0 Å². The van der Waals surface area contributed by atoms with Crippen molar-refractivity contribution in [3.63, 3.8) is 0 Å². The molecule has 0 aromatic carbocycles. The quantitative estimate of drug-likeness (QED) is 0.790. The van der Waals surface area contributed by atoms with E-state index in [0.29, 0.717) is 6.04 Å². The zero-order chi connectivity index (χ0) is 12.1. The summed E-state index contributed by atoms with van der Waals surface area (Å²) in [6.45, 7) is 9.39. The summed E-state index contributed by atoms with van der Waals surface area (Å²) in [5.41, 5.74) is 5.83. The molecule has 1 aliphatic carbocycles. The van der Waals surface area contributed by atoms with E-state index in [0.717, 1.165) is 12.5 Å². The number of rotatable bonds is 5. The van der Waals surface area contributed by atoms with Crippen LogP contribution in [0.4, 0.5) is 0 Å². The summed E-state index contributed by atoms with van der Waals surface area (Å²) in [4.78, 5) is 5.26. The first-order valence-electron chi connectivity index (χ1n) is 7.50. The molecule has 17 heavy (non-hydrogen) atoms. The lowest BCUT2D eigenvalue weighted by atomic mass is 10.1. The Kier molecular flexibility index (Phi) is 5.26. The topological polar surface area (TPSA) is 32.5 Å². The van der Waals surface area contributed by atoms with Crippen LogP contribution in [0.1, 0.15) is 39.0 Å². The van der Waals surface area contributed by atoms with Crippen LogP contribution < -0.4 is 5.73 Å². The normalized spacial score (nSPS) is 26.5. The smallest absolute Gasteiger partial charge is 0.0216 e. The molecule has 0 bridgehead atoms. The van der Waals surface area contributed by atoms with Gasteiger partial charge >= 0.3 is 0 Å². The van der Waals surface area contributed by atoms with Crippen LogP contribution in [0.15, 0.2) is 0 Å². The molecule has 2 fully saturated rings. The van der Waals surface area contributed by atoms with E-state index in [9.17, 15) is 0 Å². The summed E-state index contributed by atoms with van der Waals surface area (Å²) in [5, 5.41) is 0. The van der Waals surface area contributed by atoms with Gasteiger partial charge in [0.25, 0.3) is 0 Å². The molecule has 2 rings (SSSR count). The van der Waals surface area contributed by atoms with Gasteiger partial charge in [0.05, 0.1) is 0 Å².